The summed E-state index contributed by atoms with van der Waals surface area (Å²) in [6, 6.07) is 6.59. The van der Waals surface area contributed by atoms with Crippen molar-refractivity contribution in [2.75, 3.05) is 14.1 Å². The Kier molecular flexibility index (Phi) is 3.53. The van der Waals surface area contributed by atoms with Gasteiger partial charge in [0, 0.05) is 18.6 Å². The molecule has 19 heavy (non-hydrogen) atoms. The lowest BCUT2D eigenvalue weighted by molar-refractivity contribution is -0.134. The van der Waals surface area contributed by atoms with Gasteiger partial charge in [-0.1, -0.05) is 34.1 Å². The lowest BCUT2D eigenvalue weighted by atomic mass is 10.1. The molecule has 1 aromatic rings. The van der Waals surface area contributed by atoms with E-state index in [0.717, 1.165) is 14.3 Å². The third-order valence-corrected chi connectivity index (χ3v) is 3.57. The lowest BCUT2D eigenvalue weighted by Crippen LogP contribution is -2.52. The predicted octanol–water partition coefficient (Wildman–Crippen LogP) is 1.88. The van der Waals surface area contributed by atoms with E-state index in [2.05, 4.69) is 15.9 Å². The van der Waals surface area contributed by atoms with Crippen LogP contribution in [0.2, 0.25) is 0 Å². The third kappa shape index (κ3) is 2.31. The lowest BCUT2D eigenvalue weighted by Gasteiger charge is -2.28. The standard InChI is InChI=1S/C13H11BrN2O3/c1-15-11(17)9(12(18)16(2)13(15)19)7-8-5-3-4-6-10(8)14/h3-7H,1-2H3. The summed E-state index contributed by atoms with van der Waals surface area (Å²) in [4.78, 5) is 37.4. The van der Waals surface area contributed by atoms with Gasteiger partial charge in [0.2, 0.25) is 0 Å². The van der Waals surface area contributed by atoms with Crippen LogP contribution < -0.4 is 0 Å². The van der Waals surface area contributed by atoms with Crippen molar-refractivity contribution in [3.8, 4) is 0 Å². The Bertz CT molecular complexity index is 584. The van der Waals surface area contributed by atoms with Crippen molar-refractivity contribution in [2.45, 2.75) is 0 Å². The Hall–Kier alpha value is -1.95. The Morgan fingerprint density at radius 2 is 1.53 bits per heavy atom. The number of hydrogen-bond acceptors (Lipinski definition) is 3. The molecule has 5 nitrogen and oxygen atoms in total. The smallest absolute Gasteiger partial charge is 0.268 e. The number of halogens is 1. The highest BCUT2D eigenvalue weighted by molar-refractivity contribution is 9.10. The van der Waals surface area contributed by atoms with Gasteiger partial charge in [0.05, 0.1) is 0 Å². The molecule has 0 aliphatic carbocycles. The highest BCUT2D eigenvalue weighted by atomic mass is 79.9. The topological polar surface area (TPSA) is 57.7 Å². The maximum absolute atomic E-state index is 12.0. The molecule has 0 aromatic heterocycles. The zero-order valence-electron chi connectivity index (χ0n) is 10.4. The first-order valence-electron chi connectivity index (χ1n) is 5.49. The molecule has 98 valence electrons. The molecule has 0 bridgehead atoms. The molecule has 0 atom stereocenters. The molecule has 4 amide bonds. The number of imide groups is 2. The molecule has 1 saturated heterocycles. The first-order valence-corrected chi connectivity index (χ1v) is 6.29. The minimum Gasteiger partial charge on any atom is -0.268 e. The van der Waals surface area contributed by atoms with E-state index in [1.165, 1.54) is 20.2 Å². The minimum atomic E-state index is -0.626. The van der Waals surface area contributed by atoms with Gasteiger partial charge in [0.15, 0.2) is 0 Å². The number of amides is 4. The average molecular weight is 323 g/mol. The molecule has 0 radical (unpaired) electrons. The number of carbonyl (C=O) groups is 3. The van der Waals surface area contributed by atoms with Gasteiger partial charge in [-0.25, -0.2) is 4.79 Å². The quantitative estimate of drug-likeness (QED) is 0.586. The Labute approximate surface area is 118 Å². The monoisotopic (exact) mass is 322 g/mol. The van der Waals surface area contributed by atoms with E-state index in [1.54, 1.807) is 12.1 Å². The van der Waals surface area contributed by atoms with Gasteiger partial charge in [0.1, 0.15) is 5.57 Å². The summed E-state index contributed by atoms with van der Waals surface area (Å²) in [5.41, 5.74) is 0.673. The molecule has 0 saturated carbocycles. The Morgan fingerprint density at radius 1 is 1.00 bits per heavy atom. The fraction of sp³-hybridized carbons (Fsp3) is 0.154. The number of barbiturate groups is 1. The number of carbonyl (C=O) groups excluding carboxylic acids is 3. The average Bonchev–Trinajstić information content (AvgIpc) is 2.41. The maximum atomic E-state index is 12.0. The summed E-state index contributed by atoms with van der Waals surface area (Å²) in [7, 11) is 2.70. The van der Waals surface area contributed by atoms with E-state index in [1.807, 2.05) is 12.1 Å². The van der Waals surface area contributed by atoms with Gasteiger partial charge in [-0.3, -0.25) is 19.4 Å². The second kappa shape index (κ2) is 4.97. The van der Waals surface area contributed by atoms with Crippen molar-refractivity contribution in [1.29, 1.82) is 0 Å². The van der Waals surface area contributed by atoms with E-state index in [9.17, 15) is 14.4 Å². The van der Waals surface area contributed by atoms with E-state index in [0.29, 0.717) is 5.56 Å². The number of nitrogens with zero attached hydrogens (tertiary/aromatic N) is 2. The highest BCUT2D eigenvalue weighted by Crippen LogP contribution is 2.22. The molecule has 0 unspecified atom stereocenters. The van der Waals surface area contributed by atoms with Crippen LogP contribution >= 0.6 is 15.9 Å². The van der Waals surface area contributed by atoms with Crippen LogP contribution in [0.15, 0.2) is 34.3 Å². The summed E-state index contributed by atoms with van der Waals surface area (Å²) >= 11 is 3.34. The summed E-state index contributed by atoms with van der Waals surface area (Å²) in [5.74, 6) is -1.19. The molecule has 2 rings (SSSR count). The summed E-state index contributed by atoms with van der Waals surface area (Å²) in [6.07, 6.45) is 1.48. The summed E-state index contributed by atoms with van der Waals surface area (Å²) in [5, 5.41) is 0. The van der Waals surface area contributed by atoms with E-state index in [-0.39, 0.29) is 5.57 Å². The molecule has 1 fully saturated rings. The van der Waals surface area contributed by atoms with Crippen LogP contribution in [0.5, 0.6) is 0 Å². The van der Waals surface area contributed by atoms with Crippen molar-refractivity contribution in [2.24, 2.45) is 0 Å². The Balaban J connectivity index is 2.49. The second-order valence-corrected chi connectivity index (χ2v) is 4.94. The van der Waals surface area contributed by atoms with Gasteiger partial charge >= 0.3 is 6.03 Å². The largest absolute Gasteiger partial charge is 0.333 e. The fourth-order valence-corrected chi connectivity index (χ4v) is 2.12. The van der Waals surface area contributed by atoms with Crippen LogP contribution in [0.1, 0.15) is 5.56 Å². The van der Waals surface area contributed by atoms with E-state index >= 15 is 0 Å². The van der Waals surface area contributed by atoms with Gasteiger partial charge in [0.25, 0.3) is 11.8 Å². The number of urea groups is 1. The van der Waals surface area contributed by atoms with Gasteiger partial charge in [-0.05, 0) is 17.7 Å². The molecule has 0 N–H and O–H groups in total. The van der Waals surface area contributed by atoms with Crippen molar-refractivity contribution >= 4 is 39.9 Å². The molecule has 1 aliphatic rings. The molecular weight excluding hydrogens is 312 g/mol. The predicted molar refractivity (Wildman–Crippen MR) is 73.1 cm³/mol. The Morgan fingerprint density at radius 3 is 2.05 bits per heavy atom. The van der Waals surface area contributed by atoms with Gasteiger partial charge in [-0.2, -0.15) is 0 Å². The van der Waals surface area contributed by atoms with Crippen molar-refractivity contribution in [3.63, 3.8) is 0 Å². The van der Waals surface area contributed by atoms with Crippen LogP contribution in [0.25, 0.3) is 6.08 Å². The molecule has 0 spiro atoms. The number of rotatable bonds is 1. The van der Waals surface area contributed by atoms with E-state index in [4.69, 9.17) is 0 Å². The SMILES string of the molecule is CN1C(=O)C(=Cc2ccccc2Br)C(=O)N(C)C1=O. The number of hydrogen-bond donors (Lipinski definition) is 0. The van der Waals surface area contributed by atoms with Crippen LogP contribution in [0, 0.1) is 0 Å². The zero-order valence-corrected chi connectivity index (χ0v) is 12.0. The second-order valence-electron chi connectivity index (χ2n) is 4.09. The third-order valence-electron chi connectivity index (χ3n) is 2.85. The van der Waals surface area contributed by atoms with Crippen LogP contribution in [0.3, 0.4) is 0 Å². The van der Waals surface area contributed by atoms with Crippen LogP contribution in [-0.2, 0) is 9.59 Å². The molecule has 6 heteroatoms. The highest BCUT2D eigenvalue weighted by Gasteiger charge is 2.37. The normalized spacial score (nSPS) is 16.2. The zero-order chi connectivity index (χ0) is 14.2. The van der Waals surface area contributed by atoms with E-state index < -0.39 is 17.8 Å². The van der Waals surface area contributed by atoms with Crippen molar-refractivity contribution in [1.82, 2.24) is 9.80 Å². The first kappa shape index (κ1) is 13.5. The molecule has 1 heterocycles. The fourth-order valence-electron chi connectivity index (χ4n) is 1.72. The summed E-state index contributed by atoms with van der Waals surface area (Å²) in [6.45, 7) is 0. The molecule has 1 aromatic carbocycles. The van der Waals surface area contributed by atoms with Crippen LogP contribution in [-0.4, -0.2) is 41.7 Å². The van der Waals surface area contributed by atoms with Crippen molar-refractivity contribution in [3.05, 3.63) is 39.9 Å². The number of likely N-dealkylation sites (N-methyl/N-ethyl adjacent to an activating group) is 2. The summed E-state index contributed by atoms with van der Waals surface area (Å²) < 4.78 is 0.769. The first-order chi connectivity index (χ1) is 8.93. The molecule has 1 aliphatic heterocycles. The van der Waals surface area contributed by atoms with Gasteiger partial charge in [-0.15, -0.1) is 0 Å². The van der Waals surface area contributed by atoms with Gasteiger partial charge < -0.3 is 0 Å². The van der Waals surface area contributed by atoms with Crippen molar-refractivity contribution < 1.29 is 14.4 Å². The maximum Gasteiger partial charge on any atom is 0.333 e. The van der Waals surface area contributed by atoms with Crippen LogP contribution in [0.4, 0.5) is 4.79 Å². The molecular formula is C13H11BrN2O3. The number of benzene rings is 1. The minimum absolute atomic E-state index is 0.0310.